The van der Waals surface area contributed by atoms with Crippen LogP contribution in [0, 0.1) is 0 Å². The highest BCUT2D eigenvalue weighted by atomic mass is 16.5. The highest BCUT2D eigenvalue weighted by molar-refractivity contribution is 5.93. The van der Waals surface area contributed by atoms with Gasteiger partial charge in [-0.05, 0) is 39.7 Å². The van der Waals surface area contributed by atoms with Crippen molar-refractivity contribution in [2.24, 2.45) is 0 Å². The van der Waals surface area contributed by atoms with Gasteiger partial charge in [0.15, 0.2) is 0 Å². The zero-order chi connectivity index (χ0) is 19.0. The fraction of sp³-hybridized carbons (Fsp3) is 0.632. The number of hydrogen-bond donors (Lipinski definition) is 1. The van der Waals surface area contributed by atoms with E-state index in [1.54, 1.807) is 12.1 Å². The van der Waals surface area contributed by atoms with Gasteiger partial charge in [0.05, 0.1) is 17.8 Å². The average Bonchev–Trinajstić information content (AvgIpc) is 3.00. The van der Waals surface area contributed by atoms with Gasteiger partial charge in [-0.25, -0.2) is 4.98 Å². The smallest absolute Gasteiger partial charge is 0.252 e. The monoisotopic (exact) mass is 363 g/mol. The van der Waals surface area contributed by atoms with E-state index in [-0.39, 0.29) is 17.4 Å². The number of nitrogens with one attached hydrogen (secondary N) is 1. The van der Waals surface area contributed by atoms with Crippen molar-refractivity contribution >= 4 is 11.8 Å². The van der Waals surface area contributed by atoms with Gasteiger partial charge in [0.2, 0.25) is 11.8 Å². The second kappa shape index (κ2) is 9.52. The lowest BCUT2D eigenvalue weighted by Crippen LogP contribution is -2.30. The van der Waals surface area contributed by atoms with E-state index in [9.17, 15) is 9.59 Å². The fourth-order valence-electron chi connectivity index (χ4n) is 2.61. The first-order valence-electron chi connectivity index (χ1n) is 9.14. The lowest BCUT2D eigenvalue weighted by Gasteiger charge is -2.19. The Bertz CT molecular complexity index is 596. The van der Waals surface area contributed by atoms with Crippen molar-refractivity contribution in [1.29, 1.82) is 0 Å². The molecular formula is C19H29N3O4. The van der Waals surface area contributed by atoms with Crippen LogP contribution in [-0.2, 0) is 9.53 Å². The molecule has 0 unspecified atom stereocenters. The molecule has 0 spiro atoms. The molecule has 0 bridgehead atoms. The van der Waals surface area contributed by atoms with Gasteiger partial charge in [-0.2, -0.15) is 0 Å². The van der Waals surface area contributed by atoms with Crippen LogP contribution in [0.1, 0.15) is 50.4 Å². The standard InChI is InChI=1S/C19H29N3O4/c1-19(2,3)26-13-12-25-16-8-7-15(14-21-16)18(24)20-9-5-11-22-10-4-6-17(22)23/h7-8,14H,4-6,9-13H2,1-3H3,(H,20,24). The number of ether oxygens (including phenoxy) is 2. The lowest BCUT2D eigenvalue weighted by molar-refractivity contribution is -0.127. The summed E-state index contributed by atoms with van der Waals surface area (Å²) in [7, 11) is 0. The van der Waals surface area contributed by atoms with E-state index < -0.39 is 0 Å². The quantitative estimate of drug-likeness (QED) is 0.679. The molecule has 1 N–H and O–H groups in total. The van der Waals surface area contributed by atoms with Gasteiger partial charge >= 0.3 is 0 Å². The van der Waals surface area contributed by atoms with Crippen LogP contribution in [0.25, 0.3) is 0 Å². The number of pyridine rings is 1. The summed E-state index contributed by atoms with van der Waals surface area (Å²) in [6.07, 6.45) is 3.83. The Labute approximate surface area is 155 Å². The normalized spacial score (nSPS) is 14.6. The molecule has 0 radical (unpaired) electrons. The molecule has 2 rings (SSSR count). The van der Waals surface area contributed by atoms with Crippen molar-refractivity contribution in [2.75, 3.05) is 32.8 Å². The lowest BCUT2D eigenvalue weighted by atomic mass is 10.2. The molecule has 7 heteroatoms. The van der Waals surface area contributed by atoms with E-state index in [4.69, 9.17) is 9.47 Å². The number of nitrogens with zero attached hydrogens (tertiary/aromatic N) is 2. The predicted molar refractivity (Wildman–Crippen MR) is 98.2 cm³/mol. The molecule has 0 saturated carbocycles. The molecular weight excluding hydrogens is 334 g/mol. The number of carbonyl (C=O) groups excluding carboxylic acids is 2. The van der Waals surface area contributed by atoms with Crippen LogP contribution in [0.5, 0.6) is 5.88 Å². The third kappa shape index (κ3) is 7.00. The first kappa shape index (κ1) is 20.2. The van der Waals surface area contributed by atoms with E-state index in [1.807, 2.05) is 25.7 Å². The summed E-state index contributed by atoms with van der Waals surface area (Å²) in [6, 6.07) is 3.36. The fourth-order valence-corrected chi connectivity index (χ4v) is 2.61. The van der Waals surface area contributed by atoms with Crippen LogP contribution in [0.3, 0.4) is 0 Å². The zero-order valence-electron chi connectivity index (χ0n) is 15.9. The summed E-state index contributed by atoms with van der Waals surface area (Å²) in [5, 5.41) is 2.85. The van der Waals surface area contributed by atoms with Gasteiger partial charge in [0, 0.05) is 38.3 Å². The Morgan fingerprint density at radius 2 is 2.12 bits per heavy atom. The van der Waals surface area contributed by atoms with E-state index in [2.05, 4.69) is 10.3 Å². The Kier molecular flexibility index (Phi) is 7.38. The first-order valence-corrected chi connectivity index (χ1v) is 9.14. The van der Waals surface area contributed by atoms with Gasteiger partial charge in [0.1, 0.15) is 6.61 Å². The van der Waals surface area contributed by atoms with Crippen molar-refractivity contribution in [1.82, 2.24) is 15.2 Å². The Hall–Kier alpha value is -2.15. The number of amides is 2. The second-order valence-corrected chi connectivity index (χ2v) is 7.29. The SMILES string of the molecule is CC(C)(C)OCCOc1ccc(C(=O)NCCCN2CCCC2=O)cn1. The van der Waals surface area contributed by atoms with Gasteiger partial charge < -0.3 is 19.7 Å². The summed E-state index contributed by atoms with van der Waals surface area (Å²) in [5.74, 6) is 0.503. The highest BCUT2D eigenvalue weighted by Crippen LogP contribution is 2.10. The minimum atomic E-state index is -0.194. The van der Waals surface area contributed by atoms with Crippen molar-refractivity contribution in [3.05, 3.63) is 23.9 Å². The number of rotatable bonds is 9. The van der Waals surface area contributed by atoms with E-state index in [0.717, 1.165) is 19.4 Å². The van der Waals surface area contributed by atoms with E-state index in [1.165, 1.54) is 6.20 Å². The third-order valence-electron chi connectivity index (χ3n) is 3.93. The Morgan fingerprint density at radius 1 is 1.31 bits per heavy atom. The average molecular weight is 363 g/mol. The molecule has 26 heavy (non-hydrogen) atoms. The molecule has 7 nitrogen and oxygen atoms in total. The largest absolute Gasteiger partial charge is 0.475 e. The van der Waals surface area contributed by atoms with Crippen LogP contribution in [0.15, 0.2) is 18.3 Å². The molecule has 0 aliphatic carbocycles. The van der Waals surface area contributed by atoms with Crippen LogP contribution in [0.2, 0.25) is 0 Å². The predicted octanol–water partition coefficient (Wildman–Crippen LogP) is 2.02. The summed E-state index contributed by atoms with van der Waals surface area (Å²) >= 11 is 0. The molecule has 1 aliphatic rings. The maximum Gasteiger partial charge on any atom is 0.252 e. The van der Waals surface area contributed by atoms with Crippen molar-refractivity contribution in [2.45, 2.75) is 45.6 Å². The van der Waals surface area contributed by atoms with E-state index in [0.29, 0.717) is 44.2 Å². The Morgan fingerprint density at radius 3 is 2.73 bits per heavy atom. The zero-order valence-corrected chi connectivity index (χ0v) is 15.9. The molecule has 1 fully saturated rings. The maximum absolute atomic E-state index is 12.1. The third-order valence-corrected chi connectivity index (χ3v) is 3.93. The number of aromatic nitrogens is 1. The molecule has 1 aromatic heterocycles. The molecule has 2 heterocycles. The minimum Gasteiger partial charge on any atom is -0.475 e. The van der Waals surface area contributed by atoms with Crippen LogP contribution in [-0.4, -0.2) is 60.1 Å². The minimum absolute atomic E-state index is 0.173. The van der Waals surface area contributed by atoms with Crippen molar-refractivity contribution in [3.8, 4) is 5.88 Å². The number of hydrogen-bond acceptors (Lipinski definition) is 5. The van der Waals surface area contributed by atoms with Gasteiger partial charge in [0.25, 0.3) is 5.91 Å². The maximum atomic E-state index is 12.1. The van der Waals surface area contributed by atoms with Crippen molar-refractivity contribution < 1.29 is 19.1 Å². The molecule has 0 atom stereocenters. The van der Waals surface area contributed by atoms with Crippen molar-refractivity contribution in [3.63, 3.8) is 0 Å². The van der Waals surface area contributed by atoms with Gasteiger partial charge in [-0.1, -0.05) is 0 Å². The van der Waals surface area contributed by atoms with Crippen LogP contribution >= 0.6 is 0 Å². The highest BCUT2D eigenvalue weighted by Gasteiger charge is 2.19. The molecule has 0 aromatic carbocycles. The summed E-state index contributed by atoms with van der Waals surface area (Å²) in [4.78, 5) is 29.6. The molecule has 144 valence electrons. The van der Waals surface area contributed by atoms with Crippen LogP contribution < -0.4 is 10.1 Å². The summed E-state index contributed by atoms with van der Waals surface area (Å²) in [5.41, 5.74) is 0.293. The first-order chi connectivity index (χ1) is 12.3. The molecule has 1 aliphatic heterocycles. The molecule has 1 aromatic rings. The van der Waals surface area contributed by atoms with Crippen LogP contribution in [0.4, 0.5) is 0 Å². The second-order valence-electron chi connectivity index (χ2n) is 7.29. The van der Waals surface area contributed by atoms with Gasteiger partial charge in [-0.15, -0.1) is 0 Å². The van der Waals surface area contributed by atoms with Gasteiger partial charge in [-0.3, -0.25) is 9.59 Å². The topological polar surface area (TPSA) is 80.8 Å². The van der Waals surface area contributed by atoms with E-state index >= 15 is 0 Å². The number of likely N-dealkylation sites (tertiary alicyclic amines) is 1. The Balaban J connectivity index is 1.65. The molecule has 2 amide bonds. The summed E-state index contributed by atoms with van der Waals surface area (Å²) in [6.45, 7) is 8.91. The number of carbonyl (C=O) groups is 2. The molecule has 1 saturated heterocycles. The summed E-state index contributed by atoms with van der Waals surface area (Å²) < 4.78 is 11.1.